The van der Waals surface area contributed by atoms with E-state index in [1.807, 2.05) is 0 Å². The molecule has 1 fully saturated rings. The Bertz CT molecular complexity index is 373. The van der Waals surface area contributed by atoms with Crippen molar-refractivity contribution in [2.75, 3.05) is 45.1 Å². The van der Waals surface area contributed by atoms with E-state index in [1.165, 1.54) is 11.5 Å². The Labute approximate surface area is 104 Å². The quantitative estimate of drug-likeness (QED) is 0.853. The Balaban J connectivity index is 2.18. The monoisotopic (exact) mass is 259 g/mol. The van der Waals surface area contributed by atoms with Crippen molar-refractivity contribution in [2.24, 2.45) is 0 Å². The number of methoxy groups -OCH3 is 3. The smallest absolute Gasteiger partial charge is 0.197 e. The van der Waals surface area contributed by atoms with E-state index in [9.17, 15) is 0 Å². The predicted octanol–water partition coefficient (Wildman–Crippen LogP) is 0.584. The lowest BCUT2D eigenvalue weighted by atomic mass is 10.3. The topological polar surface area (TPSA) is 69.8 Å². The third-order valence-corrected chi connectivity index (χ3v) is 3.87. The average molecular weight is 259 g/mol. The van der Waals surface area contributed by atoms with Crippen LogP contribution in [0.5, 0.6) is 5.75 Å². The van der Waals surface area contributed by atoms with E-state index in [2.05, 4.69) is 9.27 Å². The van der Waals surface area contributed by atoms with Gasteiger partial charge in [-0.25, -0.2) is 0 Å². The van der Waals surface area contributed by atoms with Crippen LogP contribution in [0.1, 0.15) is 0 Å². The number of hydrogen-bond acceptors (Lipinski definition) is 7. The van der Waals surface area contributed by atoms with E-state index in [0.29, 0.717) is 11.6 Å². The third kappa shape index (κ3) is 2.18. The lowest BCUT2D eigenvalue weighted by Crippen LogP contribution is -2.27. The molecule has 0 radical (unpaired) electrons. The Morgan fingerprint density at radius 3 is 2.29 bits per heavy atom. The van der Waals surface area contributed by atoms with Crippen LogP contribution in [-0.2, 0) is 9.47 Å². The number of anilines is 2. The molecule has 0 saturated carbocycles. The molecule has 0 amide bonds. The van der Waals surface area contributed by atoms with Crippen molar-refractivity contribution in [1.82, 2.24) is 4.37 Å². The first-order valence-electron chi connectivity index (χ1n) is 5.31. The molecule has 0 aromatic carbocycles. The fraction of sp³-hybridized carbons (Fsp3) is 0.700. The van der Waals surface area contributed by atoms with Crippen LogP contribution in [-0.4, -0.2) is 51.0 Å². The van der Waals surface area contributed by atoms with Gasteiger partial charge in [0.05, 0.1) is 7.11 Å². The van der Waals surface area contributed by atoms with Crippen LogP contribution in [0.25, 0.3) is 0 Å². The maximum Gasteiger partial charge on any atom is 0.197 e. The summed E-state index contributed by atoms with van der Waals surface area (Å²) in [4.78, 5) is 2.13. The standard InChI is InChI=1S/C10H17N3O3S/c1-14-6-4-13(5-7(6)15-2)10-8(16-3)9(11)12-17-10/h6-7H,4-5H2,1-3H3,(H2,11,12). The lowest BCUT2D eigenvalue weighted by molar-refractivity contribution is -0.00461. The fourth-order valence-electron chi connectivity index (χ4n) is 2.04. The van der Waals surface area contributed by atoms with Crippen LogP contribution >= 0.6 is 11.5 Å². The molecule has 0 bridgehead atoms. The van der Waals surface area contributed by atoms with Crippen molar-refractivity contribution in [1.29, 1.82) is 0 Å². The molecule has 2 rings (SSSR count). The van der Waals surface area contributed by atoms with Gasteiger partial charge in [0.2, 0.25) is 0 Å². The number of hydrogen-bond donors (Lipinski definition) is 1. The summed E-state index contributed by atoms with van der Waals surface area (Å²) in [6.07, 6.45) is 0.126. The van der Waals surface area contributed by atoms with Gasteiger partial charge in [-0.1, -0.05) is 0 Å². The minimum absolute atomic E-state index is 0.0630. The summed E-state index contributed by atoms with van der Waals surface area (Å²) in [6.45, 7) is 1.51. The number of ether oxygens (including phenoxy) is 3. The third-order valence-electron chi connectivity index (χ3n) is 2.97. The lowest BCUT2D eigenvalue weighted by Gasteiger charge is -2.16. The maximum atomic E-state index is 5.74. The molecule has 7 heteroatoms. The van der Waals surface area contributed by atoms with Crippen molar-refractivity contribution in [3.8, 4) is 5.75 Å². The van der Waals surface area contributed by atoms with E-state index < -0.39 is 0 Å². The van der Waals surface area contributed by atoms with Gasteiger partial charge < -0.3 is 24.8 Å². The SMILES string of the molecule is COc1c(N)nsc1N1CC(OC)C(OC)C1. The van der Waals surface area contributed by atoms with Crippen molar-refractivity contribution >= 4 is 22.4 Å². The molecule has 2 heterocycles. The molecule has 0 spiro atoms. The summed E-state index contributed by atoms with van der Waals surface area (Å²) < 4.78 is 20.2. The van der Waals surface area contributed by atoms with Gasteiger partial charge in [0, 0.05) is 27.3 Å². The first-order chi connectivity index (χ1) is 8.21. The van der Waals surface area contributed by atoms with E-state index in [0.717, 1.165) is 18.1 Å². The molecule has 2 atom stereocenters. The molecule has 1 aromatic heterocycles. The zero-order valence-electron chi connectivity index (χ0n) is 10.2. The fourth-order valence-corrected chi connectivity index (χ4v) is 2.84. The number of nitrogens with two attached hydrogens (primary N) is 1. The molecule has 1 saturated heterocycles. The number of nitrogen functional groups attached to an aromatic ring is 1. The Hall–Kier alpha value is -1.05. The van der Waals surface area contributed by atoms with Gasteiger partial charge in [-0.15, -0.1) is 0 Å². The molecule has 2 unspecified atom stereocenters. The van der Waals surface area contributed by atoms with Crippen molar-refractivity contribution in [3.05, 3.63) is 0 Å². The first kappa shape index (κ1) is 12.4. The highest BCUT2D eigenvalue weighted by Gasteiger charge is 2.35. The molecule has 96 valence electrons. The Kier molecular flexibility index (Phi) is 3.70. The molecule has 17 heavy (non-hydrogen) atoms. The zero-order valence-corrected chi connectivity index (χ0v) is 11.0. The normalized spacial score (nSPS) is 24.3. The molecule has 1 aliphatic rings. The van der Waals surface area contributed by atoms with Gasteiger partial charge in [-0.05, 0) is 11.5 Å². The van der Waals surface area contributed by atoms with Gasteiger partial charge >= 0.3 is 0 Å². The molecule has 6 nitrogen and oxygen atoms in total. The second kappa shape index (κ2) is 5.07. The minimum atomic E-state index is 0.0630. The van der Waals surface area contributed by atoms with Crippen LogP contribution in [0.2, 0.25) is 0 Å². The molecule has 1 aliphatic heterocycles. The number of rotatable bonds is 4. The summed E-state index contributed by atoms with van der Waals surface area (Å²) in [7, 11) is 4.98. The van der Waals surface area contributed by atoms with Crippen LogP contribution in [0, 0.1) is 0 Å². The molecule has 1 aromatic rings. The summed E-state index contributed by atoms with van der Waals surface area (Å²) >= 11 is 1.34. The molecular formula is C10H17N3O3S. The Morgan fingerprint density at radius 1 is 1.24 bits per heavy atom. The molecular weight excluding hydrogens is 242 g/mol. The van der Waals surface area contributed by atoms with Gasteiger partial charge in [-0.2, -0.15) is 4.37 Å². The average Bonchev–Trinajstić information content (AvgIpc) is 2.91. The highest BCUT2D eigenvalue weighted by molar-refractivity contribution is 7.11. The number of aromatic nitrogens is 1. The van der Waals surface area contributed by atoms with Gasteiger partial charge in [0.15, 0.2) is 16.6 Å². The number of nitrogens with zero attached hydrogens (tertiary/aromatic N) is 2. The second-order valence-corrected chi connectivity index (χ2v) is 4.61. The minimum Gasteiger partial charge on any atom is -0.490 e. The molecule has 2 N–H and O–H groups in total. The van der Waals surface area contributed by atoms with Crippen LogP contribution in [0.4, 0.5) is 10.8 Å². The van der Waals surface area contributed by atoms with Crippen LogP contribution < -0.4 is 15.4 Å². The van der Waals surface area contributed by atoms with Gasteiger partial charge in [-0.3, -0.25) is 0 Å². The summed E-state index contributed by atoms with van der Waals surface area (Å²) in [5, 5.41) is 0.937. The summed E-state index contributed by atoms with van der Waals surface area (Å²) in [5.41, 5.74) is 5.74. The summed E-state index contributed by atoms with van der Waals surface area (Å²) in [5.74, 6) is 1.07. The predicted molar refractivity (Wildman–Crippen MR) is 66.9 cm³/mol. The van der Waals surface area contributed by atoms with Crippen molar-refractivity contribution in [3.63, 3.8) is 0 Å². The highest BCUT2D eigenvalue weighted by atomic mass is 32.1. The Morgan fingerprint density at radius 2 is 1.82 bits per heavy atom. The zero-order chi connectivity index (χ0) is 12.4. The van der Waals surface area contributed by atoms with E-state index in [1.54, 1.807) is 21.3 Å². The second-order valence-electron chi connectivity index (χ2n) is 3.86. The van der Waals surface area contributed by atoms with Gasteiger partial charge in [0.1, 0.15) is 12.2 Å². The largest absolute Gasteiger partial charge is 0.490 e. The van der Waals surface area contributed by atoms with Crippen molar-refractivity contribution < 1.29 is 14.2 Å². The van der Waals surface area contributed by atoms with Crippen LogP contribution in [0.3, 0.4) is 0 Å². The van der Waals surface area contributed by atoms with E-state index in [4.69, 9.17) is 19.9 Å². The van der Waals surface area contributed by atoms with Gasteiger partial charge in [0.25, 0.3) is 0 Å². The summed E-state index contributed by atoms with van der Waals surface area (Å²) in [6, 6.07) is 0. The highest BCUT2D eigenvalue weighted by Crippen LogP contribution is 2.39. The maximum absolute atomic E-state index is 5.74. The first-order valence-corrected chi connectivity index (χ1v) is 6.08. The van der Waals surface area contributed by atoms with E-state index in [-0.39, 0.29) is 12.2 Å². The molecule has 0 aliphatic carbocycles. The van der Waals surface area contributed by atoms with Crippen molar-refractivity contribution in [2.45, 2.75) is 12.2 Å². The van der Waals surface area contributed by atoms with E-state index >= 15 is 0 Å². The van der Waals surface area contributed by atoms with Crippen LogP contribution in [0.15, 0.2) is 0 Å².